The van der Waals surface area contributed by atoms with E-state index in [9.17, 15) is 0 Å². The Balaban J connectivity index is 2.08. The fourth-order valence-electron chi connectivity index (χ4n) is 2.25. The SMILES string of the molecule is CCCNC(C)c1cnc(C2CC2C)nc1C. The Bertz CT molecular complexity index is 389. The average molecular weight is 233 g/mol. The van der Waals surface area contributed by atoms with Crippen molar-refractivity contribution < 1.29 is 0 Å². The van der Waals surface area contributed by atoms with E-state index >= 15 is 0 Å². The summed E-state index contributed by atoms with van der Waals surface area (Å²) in [6.07, 6.45) is 4.42. The molecule has 1 N–H and O–H groups in total. The number of nitrogens with one attached hydrogen (secondary N) is 1. The Morgan fingerprint density at radius 1 is 1.53 bits per heavy atom. The molecular formula is C14H23N3. The van der Waals surface area contributed by atoms with Crippen LogP contribution in [0.5, 0.6) is 0 Å². The van der Waals surface area contributed by atoms with Crippen LogP contribution in [0.25, 0.3) is 0 Å². The van der Waals surface area contributed by atoms with Crippen molar-refractivity contribution in [3.8, 4) is 0 Å². The Morgan fingerprint density at radius 3 is 2.76 bits per heavy atom. The third-order valence-corrected chi connectivity index (χ3v) is 3.64. The minimum Gasteiger partial charge on any atom is -0.310 e. The second kappa shape index (κ2) is 5.13. The molecule has 0 aromatic carbocycles. The van der Waals surface area contributed by atoms with E-state index < -0.39 is 0 Å². The van der Waals surface area contributed by atoms with Gasteiger partial charge >= 0.3 is 0 Å². The molecule has 1 fully saturated rings. The van der Waals surface area contributed by atoms with Gasteiger partial charge < -0.3 is 5.32 Å². The van der Waals surface area contributed by atoms with Gasteiger partial charge in [0.1, 0.15) is 5.82 Å². The minimum absolute atomic E-state index is 0.348. The highest BCUT2D eigenvalue weighted by atomic mass is 14.9. The second-order valence-corrected chi connectivity index (χ2v) is 5.26. The Hall–Kier alpha value is -0.960. The number of nitrogens with zero attached hydrogens (tertiary/aromatic N) is 2. The largest absolute Gasteiger partial charge is 0.310 e. The fourth-order valence-corrected chi connectivity index (χ4v) is 2.25. The van der Waals surface area contributed by atoms with Gasteiger partial charge in [-0.3, -0.25) is 0 Å². The summed E-state index contributed by atoms with van der Waals surface area (Å²) >= 11 is 0. The molecule has 1 saturated carbocycles. The van der Waals surface area contributed by atoms with Crippen molar-refractivity contribution in [1.29, 1.82) is 0 Å². The maximum Gasteiger partial charge on any atom is 0.131 e. The number of rotatable bonds is 5. The quantitative estimate of drug-likeness (QED) is 0.849. The van der Waals surface area contributed by atoms with Crippen LogP contribution < -0.4 is 5.32 Å². The van der Waals surface area contributed by atoms with Crippen LogP contribution in [0.15, 0.2) is 6.20 Å². The molecule has 0 radical (unpaired) electrons. The normalized spacial score (nSPS) is 24.7. The smallest absolute Gasteiger partial charge is 0.131 e. The highest BCUT2D eigenvalue weighted by Gasteiger charge is 2.36. The summed E-state index contributed by atoms with van der Waals surface area (Å²) in [7, 11) is 0. The molecule has 17 heavy (non-hydrogen) atoms. The zero-order valence-electron chi connectivity index (χ0n) is 11.3. The summed E-state index contributed by atoms with van der Waals surface area (Å²) in [4.78, 5) is 9.19. The van der Waals surface area contributed by atoms with Crippen LogP contribution in [-0.4, -0.2) is 16.5 Å². The molecule has 0 saturated heterocycles. The van der Waals surface area contributed by atoms with E-state index in [0.717, 1.165) is 30.4 Å². The Labute approximate surface area is 104 Å². The van der Waals surface area contributed by atoms with E-state index in [1.807, 2.05) is 6.20 Å². The minimum atomic E-state index is 0.348. The van der Waals surface area contributed by atoms with Gasteiger partial charge in [-0.15, -0.1) is 0 Å². The predicted octanol–water partition coefficient (Wildman–Crippen LogP) is 2.97. The van der Waals surface area contributed by atoms with Crippen LogP contribution in [0.1, 0.15) is 62.7 Å². The van der Waals surface area contributed by atoms with Gasteiger partial charge in [-0.1, -0.05) is 13.8 Å². The first-order chi connectivity index (χ1) is 8.13. The van der Waals surface area contributed by atoms with Crippen molar-refractivity contribution in [1.82, 2.24) is 15.3 Å². The number of hydrogen-bond acceptors (Lipinski definition) is 3. The summed E-state index contributed by atoms with van der Waals surface area (Å²) < 4.78 is 0. The van der Waals surface area contributed by atoms with E-state index in [-0.39, 0.29) is 0 Å². The van der Waals surface area contributed by atoms with E-state index in [0.29, 0.717) is 12.0 Å². The van der Waals surface area contributed by atoms with Crippen LogP contribution >= 0.6 is 0 Å². The van der Waals surface area contributed by atoms with Gasteiger partial charge in [0.15, 0.2) is 0 Å². The zero-order valence-corrected chi connectivity index (χ0v) is 11.3. The first-order valence-corrected chi connectivity index (χ1v) is 6.70. The van der Waals surface area contributed by atoms with Gasteiger partial charge in [-0.2, -0.15) is 0 Å². The van der Waals surface area contributed by atoms with Crippen molar-refractivity contribution in [2.45, 2.75) is 52.5 Å². The molecule has 3 heteroatoms. The average Bonchev–Trinajstić information content (AvgIpc) is 3.03. The predicted molar refractivity (Wildman–Crippen MR) is 70.0 cm³/mol. The second-order valence-electron chi connectivity index (χ2n) is 5.26. The summed E-state index contributed by atoms with van der Waals surface area (Å²) in [5, 5.41) is 3.48. The van der Waals surface area contributed by atoms with Gasteiger partial charge in [-0.25, -0.2) is 9.97 Å². The molecule has 2 rings (SSSR count). The summed E-state index contributed by atoms with van der Waals surface area (Å²) in [6.45, 7) is 9.77. The van der Waals surface area contributed by atoms with Crippen LogP contribution in [0.3, 0.4) is 0 Å². The summed E-state index contributed by atoms with van der Waals surface area (Å²) in [5.41, 5.74) is 2.36. The molecule has 0 amide bonds. The monoisotopic (exact) mass is 233 g/mol. The van der Waals surface area contributed by atoms with E-state index in [1.165, 1.54) is 12.0 Å². The molecule has 94 valence electrons. The Kier molecular flexibility index (Phi) is 3.77. The summed E-state index contributed by atoms with van der Waals surface area (Å²) in [6, 6.07) is 0.348. The van der Waals surface area contributed by atoms with Crippen LogP contribution in [0, 0.1) is 12.8 Å². The van der Waals surface area contributed by atoms with E-state index in [2.05, 4.69) is 43.0 Å². The zero-order chi connectivity index (χ0) is 12.4. The molecule has 1 aliphatic rings. The number of aryl methyl sites for hydroxylation is 1. The summed E-state index contributed by atoms with van der Waals surface area (Å²) in [5.74, 6) is 2.43. The van der Waals surface area contributed by atoms with E-state index in [4.69, 9.17) is 0 Å². The standard InChI is InChI=1S/C14H23N3/c1-5-6-15-10(3)13-8-16-14(17-11(13)4)12-7-9(12)2/h8-10,12,15H,5-7H2,1-4H3. The maximum atomic E-state index is 4.66. The van der Waals surface area contributed by atoms with Gasteiger partial charge in [-0.05, 0) is 39.2 Å². The highest BCUT2D eigenvalue weighted by molar-refractivity contribution is 5.22. The van der Waals surface area contributed by atoms with Gasteiger partial charge in [0.2, 0.25) is 0 Å². The Morgan fingerprint density at radius 2 is 2.24 bits per heavy atom. The van der Waals surface area contributed by atoms with Crippen molar-refractivity contribution in [2.75, 3.05) is 6.54 Å². The van der Waals surface area contributed by atoms with Gasteiger partial charge in [0.05, 0.1) is 0 Å². The lowest BCUT2D eigenvalue weighted by molar-refractivity contribution is 0.562. The van der Waals surface area contributed by atoms with Crippen molar-refractivity contribution >= 4 is 0 Å². The molecule has 0 spiro atoms. The molecule has 3 atom stereocenters. The molecule has 3 unspecified atom stereocenters. The first kappa shape index (κ1) is 12.5. The van der Waals surface area contributed by atoms with Crippen molar-refractivity contribution in [2.24, 2.45) is 5.92 Å². The first-order valence-electron chi connectivity index (χ1n) is 6.70. The number of aromatic nitrogens is 2. The van der Waals surface area contributed by atoms with Crippen LogP contribution in [0.2, 0.25) is 0 Å². The molecule has 1 aromatic rings. The molecule has 1 heterocycles. The van der Waals surface area contributed by atoms with Gasteiger partial charge in [0.25, 0.3) is 0 Å². The molecule has 0 aliphatic heterocycles. The fraction of sp³-hybridized carbons (Fsp3) is 0.714. The van der Waals surface area contributed by atoms with Crippen LogP contribution in [-0.2, 0) is 0 Å². The molecule has 1 aromatic heterocycles. The topological polar surface area (TPSA) is 37.8 Å². The lowest BCUT2D eigenvalue weighted by Crippen LogP contribution is -2.21. The number of hydrogen-bond donors (Lipinski definition) is 1. The van der Waals surface area contributed by atoms with E-state index in [1.54, 1.807) is 0 Å². The van der Waals surface area contributed by atoms with Gasteiger partial charge in [0, 0.05) is 29.4 Å². The third-order valence-electron chi connectivity index (χ3n) is 3.64. The maximum absolute atomic E-state index is 4.66. The van der Waals surface area contributed by atoms with Crippen molar-refractivity contribution in [3.63, 3.8) is 0 Å². The molecular weight excluding hydrogens is 210 g/mol. The molecule has 0 bridgehead atoms. The third kappa shape index (κ3) is 2.83. The highest BCUT2D eigenvalue weighted by Crippen LogP contribution is 2.45. The van der Waals surface area contributed by atoms with Crippen molar-refractivity contribution in [3.05, 3.63) is 23.3 Å². The lowest BCUT2D eigenvalue weighted by Gasteiger charge is -2.15. The molecule has 3 nitrogen and oxygen atoms in total. The lowest BCUT2D eigenvalue weighted by atomic mass is 10.1. The molecule has 1 aliphatic carbocycles. The van der Waals surface area contributed by atoms with Crippen LogP contribution in [0.4, 0.5) is 0 Å².